The number of rotatable bonds is 5. The molecule has 1 heterocycles. The van der Waals surface area contributed by atoms with E-state index in [1.807, 2.05) is 31.2 Å². The summed E-state index contributed by atoms with van der Waals surface area (Å²) in [5.41, 5.74) is 2.09. The van der Waals surface area contributed by atoms with Gasteiger partial charge < -0.3 is 4.74 Å². The van der Waals surface area contributed by atoms with Crippen molar-refractivity contribution in [1.82, 2.24) is 10.2 Å². The number of aryl methyl sites for hydroxylation is 1. The smallest absolute Gasteiger partial charge is 0.264 e. The maximum Gasteiger partial charge on any atom is 0.264 e. The van der Waals surface area contributed by atoms with Crippen LogP contribution < -0.4 is 10.1 Å². The fourth-order valence-electron chi connectivity index (χ4n) is 1.95. The lowest BCUT2D eigenvalue weighted by atomic mass is 10.2. The second-order valence-electron chi connectivity index (χ2n) is 5.05. The highest BCUT2D eigenvalue weighted by Crippen LogP contribution is 2.26. The number of ether oxygens (including phenoxy) is 1. The van der Waals surface area contributed by atoms with Crippen LogP contribution in [0.5, 0.6) is 5.75 Å². The van der Waals surface area contributed by atoms with Gasteiger partial charge in [0, 0.05) is 5.56 Å². The average Bonchev–Trinajstić information content (AvgIpc) is 3.03. The second-order valence-corrected chi connectivity index (χ2v) is 6.02. The molecular formula is C17H14FN3O2S. The molecule has 2 aromatic carbocycles. The predicted octanol–water partition coefficient (Wildman–Crippen LogP) is 3.67. The molecule has 1 amide bonds. The first-order valence-electron chi connectivity index (χ1n) is 7.19. The summed E-state index contributed by atoms with van der Waals surface area (Å²) in [5.74, 6) is -0.905. The molecule has 3 aromatic rings. The molecule has 1 N–H and O–H groups in total. The molecule has 0 unspecified atom stereocenters. The molecule has 24 heavy (non-hydrogen) atoms. The van der Waals surface area contributed by atoms with Gasteiger partial charge in [0.05, 0.1) is 0 Å². The molecule has 5 nitrogen and oxygen atoms in total. The lowest BCUT2D eigenvalue weighted by Crippen LogP contribution is -2.20. The Morgan fingerprint density at radius 3 is 2.67 bits per heavy atom. The van der Waals surface area contributed by atoms with Gasteiger partial charge in [-0.15, -0.1) is 10.2 Å². The summed E-state index contributed by atoms with van der Waals surface area (Å²) in [7, 11) is 0. The summed E-state index contributed by atoms with van der Waals surface area (Å²) < 4.78 is 18.6. The van der Waals surface area contributed by atoms with Crippen LogP contribution >= 0.6 is 11.3 Å². The summed E-state index contributed by atoms with van der Waals surface area (Å²) in [5, 5.41) is 11.7. The SMILES string of the molecule is Cc1ccc(-c2nnc(NC(=O)COc3ccccc3F)s2)cc1. The molecule has 0 aliphatic rings. The number of para-hydroxylation sites is 1. The number of carbonyl (C=O) groups excluding carboxylic acids is 1. The summed E-state index contributed by atoms with van der Waals surface area (Å²) in [6.07, 6.45) is 0. The van der Waals surface area contributed by atoms with E-state index in [-0.39, 0.29) is 12.4 Å². The first-order valence-corrected chi connectivity index (χ1v) is 8.01. The van der Waals surface area contributed by atoms with E-state index in [0.29, 0.717) is 10.1 Å². The zero-order valence-corrected chi connectivity index (χ0v) is 13.6. The maximum absolute atomic E-state index is 13.4. The zero-order valence-electron chi connectivity index (χ0n) is 12.8. The van der Waals surface area contributed by atoms with Gasteiger partial charge in [-0.1, -0.05) is 53.3 Å². The van der Waals surface area contributed by atoms with Crippen molar-refractivity contribution in [1.29, 1.82) is 0 Å². The zero-order chi connectivity index (χ0) is 16.9. The largest absolute Gasteiger partial charge is 0.481 e. The van der Waals surface area contributed by atoms with E-state index in [1.54, 1.807) is 12.1 Å². The monoisotopic (exact) mass is 343 g/mol. The molecule has 3 rings (SSSR count). The number of halogens is 1. The number of hydrogen-bond acceptors (Lipinski definition) is 5. The van der Waals surface area contributed by atoms with Crippen LogP contribution in [-0.2, 0) is 4.79 Å². The van der Waals surface area contributed by atoms with Gasteiger partial charge in [-0.3, -0.25) is 10.1 Å². The third kappa shape index (κ3) is 3.94. The number of hydrogen-bond donors (Lipinski definition) is 1. The average molecular weight is 343 g/mol. The Kier molecular flexibility index (Phi) is 4.81. The number of amides is 1. The van der Waals surface area contributed by atoms with E-state index < -0.39 is 11.7 Å². The molecule has 0 aliphatic heterocycles. The molecule has 0 bridgehead atoms. The molecule has 0 spiro atoms. The Bertz CT molecular complexity index is 849. The summed E-state index contributed by atoms with van der Waals surface area (Å²) in [4.78, 5) is 11.9. The number of nitrogens with zero attached hydrogens (tertiary/aromatic N) is 2. The number of anilines is 1. The quantitative estimate of drug-likeness (QED) is 0.768. The van der Waals surface area contributed by atoms with Crippen LogP contribution in [0.15, 0.2) is 48.5 Å². The Hall–Kier alpha value is -2.80. The minimum absolute atomic E-state index is 0.0326. The van der Waals surface area contributed by atoms with Gasteiger partial charge in [0.25, 0.3) is 5.91 Å². The van der Waals surface area contributed by atoms with Gasteiger partial charge in [-0.05, 0) is 19.1 Å². The van der Waals surface area contributed by atoms with Crippen molar-refractivity contribution in [3.63, 3.8) is 0 Å². The molecule has 0 saturated carbocycles. The van der Waals surface area contributed by atoms with Gasteiger partial charge in [-0.25, -0.2) is 4.39 Å². The van der Waals surface area contributed by atoms with Crippen molar-refractivity contribution < 1.29 is 13.9 Å². The molecular weight excluding hydrogens is 329 g/mol. The molecule has 7 heteroatoms. The van der Waals surface area contributed by atoms with E-state index >= 15 is 0 Å². The van der Waals surface area contributed by atoms with E-state index in [9.17, 15) is 9.18 Å². The summed E-state index contributed by atoms with van der Waals surface area (Å²) in [6, 6.07) is 13.8. The first-order chi connectivity index (χ1) is 11.6. The topological polar surface area (TPSA) is 64.1 Å². The van der Waals surface area contributed by atoms with Gasteiger partial charge >= 0.3 is 0 Å². The Balaban J connectivity index is 1.59. The van der Waals surface area contributed by atoms with Crippen molar-refractivity contribution in [2.75, 3.05) is 11.9 Å². The minimum Gasteiger partial charge on any atom is -0.481 e. The van der Waals surface area contributed by atoms with Gasteiger partial charge in [-0.2, -0.15) is 0 Å². The standard InChI is InChI=1S/C17H14FN3O2S/c1-11-6-8-12(9-7-11)16-20-21-17(24-16)19-15(22)10-23-14-5-3-2-4-13(14)18/h2-9H,10H2,1H3,(H,19,21,22). The third-order valence-corrected chi connectivity index (χ3v) is 4.05. The molecule has 0 atom stereocenters. The molecule has 122 valence electrons. The van der Waals surface area contributed by atoms with Crippen LogP contribution in [0, 0.1) is 12.7 Å². The Labute approximate surface area is 142 Å². The molecule has 0 fully saturated rings. The number of benzene rings is 2. The van der Waals surface area contributed by atoms with E-state index in [1.165, 1.54) is 23.5 Å². The number of carbonyl (C=O) groups is 1. The van der Waals surface area contributed by atoms with Crippen LogP contribution in [0.4, 0.5) is 9.52 Å². The van der Waals surface area contributed by atoms with Crippen LogP contribution in [0.3, 0.4) is 0 Å². The fourth-order valence-corrected chi connectivity index (χ4v) is 2.71. The predicted molar refractivity (Wildman–Crippen MR) is 90.6 cm³/mol. The highest BCUT2D eigenvalue weighted by Gasteiger charge is 2.11. The number of aromatic nitrogens is 2. The summed E-state index contributed by atoms with van der Waals surface area (Å²) >= 11 is 1.26. The number of nitrogens with one attached hydrogen (secondary N) is 1. The van der Waals surface area contributed by atoms with E-state index in [4.69, 9.17) is 4.74 Å². The molecule has 0 saturated heterocycles. The Morgan fingerprint density at radius 2 is 1.92 bits per heavy atom. The highest BCUT2D eigenvalue weighted by molar-refractivity contribution is 7.18. The molecule has 0 radical (unpaired) electrons. The fraction of sp³-hybridized carbons (Fsp3) is 0.118. The van der Waals surface area contributed by atoms with Crippen molar-refractivity contribution in [2.45, 2.75) is 6.92 Å². The van der Waals surface area contributed by atoms with Gasteiger partial charge in [0.1, 0.15) is 5.01 Å². The lowest BCUT2D eigenvalue weighted by molar-refractivity contribution is -0.118. The maximum atomic E-state index is 13.4. The van der Waals surface area contributed by atoms with E-state index in [2.05, 4.69) is 15.5 Å². The third-order valence-electron chi connectivity index (χ3n) is 3.17. The Morgan fingerprint density at radius 1 is 1.17 bits per heavy atom. The normalized spacial score (nSPS) is 10.4. The molecule has 1 aromatic heterocycles. The van der Waals surface area contributed by atoms with Gasteiger partial charge in [0.15, 0.2) is 18.2 Å². The molecule has 0 aliphatic carbocycles. The first kappa shape index (κ1) is 16.1. The van der Waals surface area contributed by atoms with Crippen molar-refractivity contribution in [3.05, 3.63) is 59.9 Å². The van der Waals surface area contributed by atoms with E-state index in [0.717, 1.165) is 11.1 Å². The van der Waals surface area contributed by atoms with Crippen molar-refractivity contribution >= 4 is 22.4 Å². The summed E-state index contributed by atoms with van der Waals surface area (Å²) in [6.45, 7) is 1.70. The van der Waals surface area contributed by atoms with Crippen LogP contribution in [0.25, 0.3) is 10.6 Å². The van der Waals surface area contributed by atoms with Crippen LogP contribution in [-0.4, -0.2) is 22.7 Å². The second kappa shape index (κ2) is 7.18. The lowest BCUT2D eigenvalue weighted by Gasteiger charge is -2.05. The van der Waals surface area contributed by atoms with Crippen LogP contribution in [0.2, 0.25) is 0 Å². The minimum atomic E-state index is -0.511. The van der Waals surface area contributed by atoms with Gasteiger partial charge in [0.2, 0.25) is 5.13 Å². The highest BCUT2D eigenvalue weighted by atomic mass is 32.1. The van der Waals surface area contributed by atoms with Crippen molar-refractivity contribution in [3.8, 4) is 16.3 Å². The van der Waals surface area contributed by atoms with Crippen LogP contribution in [0.1, 0.15) is 5.56 Å². The van der Waals surface area contributed by atoms with Crippen molar-refractivity contribution in [2.24, 2.45) is 0 Å².